The number of halogens is 1. The summed E-state index contributed by atoms with van der Waals surface area (Å²) in [7, 11) is 0. The zero-order chi connectivity index (χ0) is 23.3. The number of nitrogens with one attached hydrogen (secondary N) is 1. The topological polar surface area (TPSA) is 81.1 Å². The summed E-state index contributed by atoms with van der Waals surface area (Å²) >= 11 is 4.61. The van der Waals surface area contributed by atoms with Gasteiger partial charge in [-0.05, 0) is 42.7 Å². The number of rotatable bonds is 9. The van der Waals surface area contributed by atoms with Crippen molar-refractivity contribution in [2.45, 2.75) is 38.9 Å². The standard InChI is InChI=1S/C24H26BrN3O3S/c1-4-11-26-22(30)17-7-10-19-20(12-17)27-24(28(23(19)31)13-15(2)3)32-14-21(29)16-5-8-18(25)9-6-16/h5-10,12,15H,4,11,13-14H2,1-3H3,(H,26,30). The van der Waals surface area contributed by atoms with Gasteiger partial charge in [0.1, 0.15) is 0 Å². The van der Waals surface area contributed by atoms with Crippen molar-refractivity contribution in [2.24, 2.45) is 5.92 Å². The molecule has 0 saturated carbocycles. The summed E-state index contributed by atoms with van der Waals surface area (Å²) in [6, 6.07) is 12.1. The molecule has 0 fully saturated rings. The third-order valence-corrected chi connectivity index (χ3v) is 6.27. The van der Waals surface area contributed by atoms with E-state index in [4.69, 9.17) is 0 Å². The lowest BCUT2D eigenvalue weighted by Gasteiger charge is -2.15. The first-order valence-corrected chi connectivity index (χ1v) is 12.3. The number of aromatic nitrogens is 2. The molecule has 0 radical (unpaired) electrons. The normalized spacial score (nSPS) is 11.2. The number of amides is 1. The molecule has 0 aliphatic rings. The Kier molecular flexibility index (Phi) is 8.26. The predicted molar refractivity (Wildman–Crippen MR) is 133 cm³/mol. The smallest absolute Gasteiger partial charge is 0.262 e. The van der Waals surface area contributed by atoms with Gasteiger partial charge >= 0.3 is 0 Å². The molecule has 168 valence electrons. The second kappa shape index (κ2) is 10.9. The Hall–Kier alpha value is -2.45. The summed E-state index contributed by atoms with van der Waals surface area (Å²) in [4.78, 5) is 42.9. The molecule has 8 heteroatoms. The average molecular weight is 516 g/mol. The van der Waals surface area contributed by atoms with Crippen molar-refractivity contribution in [3.05, 3.63) is 68.4 Å². The zero-order valence-electron chi connectivity index (χ0n) is 18.4. The first-order chi connectivity index (χ1) is 15.3. The maximum absolute atomic E-state index is 13.2. The van der Waals surface area contributed by atoms with Crippen molar-refractivity contribution in [2.75, 3.05) is 12.3 Å². The number of carbonyl (C=O) groups excluding carboxylic acids is 2. The molecule has 1 aromatic heterocycles. The molecule has 0 saturated heterocycles. The molecular formula is C24H26BrN3O3S. The molecule has 3 rings (SSSR count). The zero-order valence-corrected chi connectivity index (χ0v) is 20.8. The van der Waals surface area contributed by atoms with Gasteiger partial charge in [0, 0.05) is 28.7 Å². The Morgan fingerprint density at radius 1 is 1.12 bits per heavy atom. The number of Topliss-reactive ketones (excluding diaryl/α,β-unsaturated/α-hetero) is 1. The van der Waals surface area contributed by atoms with E-state index in [-0.39, 0.29) is 28.9 Å². The number of carbonyl (C=O) groups is 2. The Balaban J connectivity index is 1.95. The largest absolute Gasteiger partial charge is 0.352 e. The second-order valence-electron chi connectivity index (χ2n) is 7.91. The van der Waals surface area contributed by atoms with E-state index in [1.165, 1.54) is 11.8 Å². The van der Waals surface area contributed by atoms with Crippen LogP contribution in [0.4, 0.5) is 0 Å². The van der Waals surface area contributed by atoms with Gasteiger partial charge in [-0.2, -0.15) is 0 Å². The van der Waals surface area contributed by atoms with Crippen LogP contribution in [0.2, 0.25) is 0 Å². The van der Waals surface area contributed by atoms with E-state index in [2.05, 4.69) is 26.2 Å². The van der Waals surface area contributed by atoms with Crippen LogP contribution in [0.3, 0.4) is 0 Å². The third kappa shape index (κ3) is 5.86. The molecule has 0 spiro atoms. The van der Waals surface area contributed by atoms with E-state index >= 15 is 0 Å². The number of hydrogen-bond acceptors (Lipinski definition) is 5. The van der Waals surface area contributed by atoms with Crippen LogP contribution in [-0.4, -0.2) is 33.5 Å². The summed E-state index contributed by atoms with van der Waals surface area (Å²) in [5.74, 6) is 0.156. The Morgan fingerprint density at radius 2 is 1.81 bits per heavy atom. The van der Waals surface area contributed by atoms with Crippen LogP contribution in [0.5, 0.6) is 0 Å². The van der Waals surface area contributed by atoms with Gasteiger partial charge in [0.05, 0.1) is 16.7 Å². The second-order valence-corrected chi connectivity index (χ2v) is 9.77. The highest BCUT2D eigenvalue weighted by molar-refractivity contribution is 9.10. The SMILES string of the molecule is CCCNC(=O)c1ccc2c(=O)n(CC(C)C)c(SCC(=O)c3ccc(Br)cc3)nc2c1. The monoisotopic (exact) mass is 515 g/mol. The van der Waals surface area contributed by atoms with E-state index in [1.807, 2.05) is 32.9 Å². The van der Waals surface area contributed by atoms with Gasteiger partial charge in [0.2, 0.25) is 0 Å². The molecular weight excluding hydrogens is 490 g/mol. The van der Waals surface area contributed by atoms with Crippen molar-refractivity contribution in [1.82, 2.24) is 14.9 Å². The molecule has 6 nitrogen and oxygen atoms in total. The molecule has 1 heterocycles. The van der Waals surface area contributed by atoms with E-state index in [0.717, 1.165) is 10.9 Å². The van der Waals surface area contributed by atoms with Crippen molar-refractivity contribution >= 4 is 50.3 Å². The van der Waals surface area contributed by atoms with E-state index in [0.29, 0.717) is 40.3 Å². The summed E-state index contributed by atoms with van der Waals surface area (Å²) in [5.41, 5.74) is 1.36. The quantitative estimate of drug-likeness (QED) is 0.248. The van der Waals surface area contributed by atoms with Crippen molar-refractivity contribution < 1.29 is 9.59 Å². The number of ketones is 1. The van der Waals surface area contributed by atoms with Gasteiger partial charge in [-0.1, -0.05) is 60.6 Å². The Labute approximate surface area is 199 Å². The number of nitrogens with zero attached hydrogens (tertiary/aromatic N) is 2. The highest BCUT2D eigenvalue weighted by Crippen LogP contribution is 2.22. The van der Waals surface area contributed by atoms with Crippen LogP contribution < -0.4 is 10.9 Å². The van der Waals surface area contributed by atoms with Crippen LogP contribution in [0.25, 0.3) is 10.9 Å². The van der Waals surface area contributed by atoms with Gasteiger partial charge < -0.3 is 5.32 Å². The third-order valence-electron chi connectivity index (χ3n) is 4.76. The number of thioether (sulfide) groups is 1. The lowest BCUT2D eigenvalue weighted by Crippen LogP contribution is -2.27. The van der Waals surface area contributed by atoms with Gasteiger partial charge in [-0.15, -0.1) is 0 Å². The molecule has 32 heavy (non-hydrogen) atoms. The summed E-state index contributed by atoms with van der Waals surface area (Å²) in [6.07, 6.45) is 0.838. The van der Waals surface area contributed by atoms with Gasteiger partial charge in [0.25, 0.3) is 11.5 Å². The average Bonchev–Trinajstić information content (AvgIpc) is 2.77. The minimum Gasteiger partial charge on any atom is -0.352 e. The molecule has 0 aliphatic carbocycles. The predicted octanol–water partition coefficient (Wildman–Crippen LogP) is 4.93. The van der Waals surface area contributed by atoms with Crippen LogP contribution >= 0.6 is 27.7 Å². The highest BCUT2D eigenvalue weighted by atomic mass is 79.9. The lowest BCUT2D eigenvalue weighted by atomic mass is 10.1. The van der Waals surface area contributed by atoms with Crippen molar-refractivity contribution in [1.29, 1.82) is 0 Å². The summed E-state index contributed by atoms with van der Waals surface area (Å²) in [5, 5.41) is 3.78. The number of hydrogen-bond donors (Lipinski definition) is 1. The first-order valence-electron chi connectivity index (χ1n) is 10.5. The highest BCUT2D eigenvalue weighted by Gasteiger charge is 2.16. The van der Waals surface area contributed by atoms with Crippen LogP contribution in [0.15, 0.2) is 56.9 Å². The first kappa shape index (κ1) is 24.2. The molecule has 3 aromatic rings. The molecule has 1 amide bonds. The maximum atomic E-state index is 13.2. The Morgan fingerprint density at radius 3 is 2.47 bits per heavy atom. The molecule has 0 bridgehead atoms. The van der Waals surface area contributed by atoms with E-state index in [9.17, 15) is 14.4 Å². The Bertz CT molecular complexity index is 1190. The van der Waals surface area contributed by atoms with Crippen molar-refractivity contribution in [3.8, 4) is 0 Å². The van der Waals surface area contributed by atoms with E-state index < -0.39 is 0 Å². The lowest BCUT2D eigenvalue weighted by molar-refractivity contribution is 0.0953. The molecule has 0 unspecified atom stereocenters. The van der Waals surface area contributed by atoms with Crippen molar-refractivity contribution in [3.63, 3.8) is 0 Å². The molecule has 0 aliphatic heterocycles. The minimum atomic E-state index is -0.193. The molecule has 0 atom stereocenters. The maximum Gasteiger partial charge on any atom is 0.262 e. The fourth-order valence-corrected chi connectivity index (χ4v) is 4.34. The summed E-state index contributed by atoms with van der Waals surface area (Å²) < 4.78 is 2.53. The van der Waals surface area contributed by atoms with Crippen LogP contribution in [0, 0.1) is 5.92 Å². The molecule has 1 N–H and O–H groups in total. The van der Waals surface area contributed by atoms with Gasteiger partial charge in [0.15, 0.2) is 10.9 Å². The van der Waals surface area contributed by atoms with Crippen LogP contribution in [0.1, 0.15) is 47.9 Å². The number of fused-ring (bicyclic) bond motifs is 1. The number of benzene rings is 2. The van der Waals surface area contributed by atoms with E-state index in [1.54, 1.807) is 34.9 Å². The van der Waals surface area contributed by atoms with Crippen LogP contribution in [-0.2, 0) is 6.54 Å². The molecule has 2 aromatic carbocycles. The summed E-state index contributed by atoms with van der Waals surface area (Å²) in [6.45, 7) is 7.12. The van der Waals surface area contributed by atoms with Gasteiger partial charge in [-0.25, -0.2) is 4.98 Å². The fourth-order valence-electron chi connectivity index (χ4n) is 3.17. The fraction of sp³-hybridized carbons (Fsp3) is 0.333. The van der Waals surface area contributed by atoms with Gasteiger partial charge in [-0.3, -0.25) is 19.0 Å². The minimum absolute atomic E-state index is 0.0411.